The molecule has 3 heterocycles. The summed E-state index contributed by atoms with van der Waals surface area (Å²) in [6.45, 7) is 1.38. The Hall–Kier alpha value is -3.50. The molecule has 0 N–H and O–H groups in total. The molecule has 0 aliphatic carbocycles. The molecule has 4 aromatic rings. The van der Waals surface area contributed by atoms with E-state index in [2.05, 4.69) is 16.0 Å². The van der Waals surface area contributed by atoms with Crippen molar-refractivity contribution in [2.24, 2.45) is 7.05 Å². The van der Waals surface area contributed by atoms with Gasteiger partial charge in [-0.2, -0.15) is 5.26 Å². The van der Waals surface area contributed by atoms with Crippen LogP contribution in [0.15, 0.2) is 45.6 Å². The van der Waals surface area contributed by atoms with Crippen molar-refractivity contribution in [1.29, 1.82) is 5.26 Å². The first kappa shape index (κ1) is 20.4. The number of nitrogens with zero attached hydrogens (tertiary/aromatic N) is 4. The van der Waals surface area contributed by atoms with Crippen LogP contribution in [-0.2, 0) is 7.05 Å². The van der Waals surface area contributed by atoms with Crippen LogP contribution in [-0.4, -0.2) is 29.8 Å². The van der Waals surface area contributed by atoms with Gasteiger partial charge < -0.3 is 18.6 Å². The van der Waals surface area contributed by atoms with E-state index in [9.17, 15) is 10.1 Å². The number of piperidine rings is 1. The standard InChI is InChI=1S/C24H21ClN4O3/c1-28-20-12-16(31-2)4-5-17(20)22(18(13-26)24(28)30)29-9-7-14(8-10-29)23-27-19-6-3-15(25)11-21(19)32-23/h3-6,11-12,14H,7-10H2,1-2H3. The third-order valence-electron chi connectivity index (χ3n) is 6.22. The number of ether oxygens (including phenoxy) is 1. The minimum atomic E-state index is -0.304. The van der Waals surface area contributed by atoms with Crippen molar-refractivity contribution >= 4 is 39.3 Å². The van der Waals surface area contributed by atoms with E-state index in [0.29, 0.717) is 41.0 Å². The van der Waals surface area contributed by atoms with Crippen molar-refractivity contribution < 1.29 is 9.15 Å². The largest absolute Gasteiger partial charge is 0.497 e. The lowest BCUT2D eigenvalue weighted by atomic mass is 9.95. The maximum atomic E-state index is 12.9. The maximum Gasteiger partial charge on any atom is 0.270 e. The molecule has 5 rings (SSSR count). The number of aryl methyl sites for hydroxylation is 1. The third-order valence-corrected chi connectivity index (χ3v) is 6.45. The van der Waals surface area contributed by atoms with E-state index in [1.165, 1.54) is 4.57 Å². The third kappa shape index (κ3) is 3.28. The zero-order valence-electron chi connectivity index (χ0n) is 17.8. The molecule has 0 unspecified atom stereocenters. The van der Waals surface area contributed by atoms with Crippen LogP contribution in [0.2, 0.25) is 5.02 Å². The van der Waals surface area contributed by atoms with Crippen molar-refractivity contribution in [3.8, 4) is 11.8 Å². The zero-order valence-corrected chi connectivity index (χ0v) is 18.5. The number of benzene rings is 2. The van der Waals surface area contributed by atoms with E-state index in [1.54, 1.807) is 26.3 Å². The van der Waals surface area contributed by atoms with Crippen molar-refractivity contribution in [3.63, 3.8) is 0 Å². The molecule has 1 saturated heterocycles. The quantitative estimate of drug-likeness (QED) is 0.455. The fourth-order valence-corrected chi connectivity index (χ4v) is 4.66. The number of nitriles is 1. The van der Waals surface area contributed by atoms with E-state index in [4.69, 9.17) is 20.8 Å². The molecule has 0 radical (unpaired) electrons. The number of hydrogen-bond donors (Lipinski definition) is 0. The van der Waals surface area contributed by atoms with Gasteiger partial charge >= 0.3 is 0 Å². The van der Waals surface area contributed by atoms with E-state index >= 15 is 0 Å². The Morgan fingerprint density at radius 1 is 1.22 bits per heavy atom. The molecule has 2 aromatic heterocycles. The molecule has 1 aliphatic heterocycles. The van der Waals surface area contributed by atoms with Crippen molar-refractivity contribution in [2.45, 2.75) is 18.8 Å². The lowest BCUT2D eigenvalue weighted by Crippen LogP contribution is -2.35. The van der Waals surface area contributed by atoms with E-state index in [0.717, 1.165) is 29.3 Å². The predicted molar refractivity (Wildman–Crippen MR) is 124 cm³/mol. The highest BCUT2D eigenvalue weighted by Gasteiger charge is 2.28. The minimum Gasteiger partial charge on any atom is -0.497 e. The second-order valence-electron chi connectivity index (χ2n) is 8.01. The summed E-state index contributed by atoms with van der Waals surface area (Å²) in [5.74, 6) is 1.54. The molecule has 2 aromatic carbocycles. The van der Waals surface area contributed by atoms with Gasteiger partial charge in [-0.05, 0) is 37.1 Å². The molecular weight excluding hydrogens is 428 g/mol. The number of methoxy groups -OCH3 is 1. The van der Waals surface area contributed by atoms with E-state index < -0.39 is 0 Å². The highest BCUT2D eigenvalue weighted by atomic mass is 35.5. The SMILES string of the molecule is COc1ccc2c(N3CCC(c4nc5ccc(Cl)cc5o4)CC3)c(C#N)c(=O)n(C)c2c1. The van der Waals surface area contributed by atoms with Crippen molar-refractivity contribution in [3.05, 3.63) is 63.2 Å². The number of anilines is 1. The number of rotatable bonds is 3. The molecule has 0 atom stereocenters. The first-order chi connectivity index (χ1) is 15.5. The van der Waals surface area contributed by atoms with Crippen LogP contribution in [0.1, 0.15) is 30.2 Å². The first-order valence-corrected chi connectivity index (χ1v) is 10.8. The number of aromatic nitrogens is 2. The molecule has 1 aliphatic rings. The van der Waals surface area contributed by atoms with Crippen molar-refractivity contribution in [2.75, 3.05) is 25.1 Å². The van der Waals surface area contributed by atoms with Gasteiger partial charge in [-0.3, -0.25) is 4.79 Å². The Bertz CT molecular complexity index is 1440. The molecule has 0 bridgehead atoms. The van der Waals surface area contributed by atoms with Gasteiger partial charge in [0.05, 0.1) is 18.3 Å². The molecule has 0 spiro atoms. The number of hydrogen-bond acceptors (Lipinski definition) is 6. The van der Waals surface area contributed by atoms with Gasteiger partial charge in [0, 0.05) is 48.6 Å². The van der Waals surface area contributed by atoms with Crippen LogP contribution in [0.3, 0.4) is 0 Å². The first-order valence-electron chi connectivity index (χ1n) is 10.4. The summed E-state index contributed by atoms with van der Waals surface area (Å²) in [5, 5.41) is 11.3. The van der Waals surface area contributed by atoms with Crippen LogP contribution < -0.4 is 15.2 Å². The lowest BCUT2D eigenvalue weighted by molar-refractivity contribution is 0.407. The fraction of sp³-hybridized carbons (Fsp3) is 0.292. The molecule has 0 amide bonds. The summed E-state index contributed by atoms with van der Waals surface area (Å²) in [6.07, 6.45) is 1.61. The smallest absolute Gasteiger partial charge is 0.270 e. The topological polar surface area (TPSA) is 84.3 Å². The predicted octanol–water partition coefficient (Wildman–Crippen LogP) is 4.60. The second kappa shape index (κ2) is 7.88. The molecule has 0 saturated carbocycles. The number of oxazole rings is 1. The van der Waals surface area contributed by atoms with Crippen LogP contribution in [0.5, 0.6) is 5.75 Å². The normalized spacial score (nSPS) is 14.8. The van der Waals surface area contributed by atoms with Crippen LogP contribution in [0.25, 0.3) is 22.0 Å². The Labute approximate surface area is 189 Å². The Balaban J connectivity index is 1.49. The monoisotopic (exact) mass is 448 g/mol. The average Bonchev–Trinajstić information content (AvgIpc) is 3.24. The van der Waals surface area contributed by atoms with Gasteiger partial charge in [0.25, 0.3) is 5.56 Å². The Kier molecular flexibility index (Phi) is 5.03. The second-order valence-corrected chi connectivity index (χ2v) is 8.44. The Morgan fingerprint density at radius 2 is 2.00 bits per heavy atom. The number of fused-ring (bicyclic) bond motifs is 2. The molecule has 8 heteroatoms. The summed E-state index contributed by atoms with van der Waals surface area (Å²) in [6, 6.07) is 13.2. The highest BCUT2D eigenvalue weighted by molar-refractivity contribution is 6.31. The van der Waals surface area contributed by atoms with E-state index in [1.807, 2.05) is 24.3 Å². The summed E-state index contributed by atoms with van der Waals surface area (Å²) in [4.78, 5) is 19.7. The lowest BCUT2D eigenvalue weighted by Gasteiger charge is -2.33. The van der Waals surface area contributed by atoms with Crippen molar-refractivity contribution in [1.82, 2.24) is 9.55 Å². The van der Waals surface area contributed by atoms with Gasteiger partial charge in [0.15, 0.2) is 11.5 Å². The molecule has 1 fully saturated rings. The fourth-order valence-electron chi connectivity index (χ4n) is 4.50. The van der Waals surface area contributed by atoms with Crippen LogP contribution in [0, 0.1) is 11.3 Å². The zero-order chi connectivity index (χ0) is 22.4. The van der Waals surface area contributed by atoms with Gasteiger partial charge in [-0.1, -0.05) is 11.6 Å². The maximum absolute atomic E-state index is 12.9. The molecular formula is C24H21ClN4O3. The molecule has 7 nitrogen and oxygen atoms in total. The highest BCUT2D eigenvalue weighted by Crippen LogP contribution is 2.36. The summed E-state index contributed by atoms with van der Waals surface area (Å²) < 4.78 is 12.8. The summed E-state index contributed by atoms with van der Waals surface area (Å²) in [5.41, 5.74) is 2.77. The Morgan fingerprint density at radius 3 is 2.72 bits per heavy atom. The van der Waals surface area contributed by atoms with Gasteiger partial charge in [-0.25, -0.2) is 4.98 Å². The molecule has 162 valence electrons. The van der Waals surface area contributed by atoms with Gasteiger partial charge in [0.1, 0.15) is 22.9 Å². The van der Waals surface area contributed by atoms with Crippen LogP contribution in [0.4, 0.5) is 5.69 Å². The number of halogens is 1. The summed E-state index contributed by atoms with van der Waals surface area (Å²) >= 11 is 6.06. The average molecular weight is 449 g/mol. The minimum absolute atomic E-state index is 0.167. The van der Waals surface area contributed by atoms with Gasteiger partial charge in [-0.15, -0.1) is 0 Å². The van der Waals surface area contributed by atoms with E-state index in [-0.39, 0.29) is 17.0 Å². The molecule has 32 heavy (non-hydrogen) atoms. The van der Waals surface area contributed by atoms with Crippen LogP contribution >= 0.6 is 11.6 Å². The van der Waals surface area contributed by atoms with Gasteiger partial charge in [0.2, 0.25) is 0 Å². The number of pyridine rings is 1. The summed E-state index contributed by atoms with van der Waals surface area (Å²) in [7, 11) is 3.27.